The molecule has 0 aliphatic heterocycles. The molecule has 0 bridgehead atoms. The Morgan fingerprint density at radius 1 is 0.968 bits per heavy atom. The third-order valence-corrected chi connectivity index (χ3v) is 4.00. The number of carbonyl (C=O) groups is 1. The number of benzene rings is 2. The summed E-state index contributed by atoms with van der Waals surface area (Å²) in [5.41, 5.74) is 1.79. The number of aromatic nitrogens is 3. The first-order chi connectivity index (χ1) is 14.5. The van der Waals surface area contributed by atoms with Crippen LogP contribution >= 0.6 is 0 Å². The summed E-state index contributed by atoms with van der Waals surface area (Å²) in [5, 5.41) is 6.05. The van der Waals surface area contributed by atoms with Gasteiger partial charge in [-0.05, 0) is 36.2 Å². The molecule has 0 aliphatic carbocycles. The first-order valence-corrected chi connectivity index (χ1v) is 8.73. The molecule has 12 heteroatoms. The van der Waals surface area contributed by atoms with Gasteiger partial charge >= 0.3 is 18.4 Å². The molecule has 1 amide bonds. The van der Waals surface area contributed by atoms with Crippen LogP contribution in [0.15, 0.2) is 54.9 Å². The molecule has 0 atom stereocenters. The van der Waals surface area contributed by atoms with Crippen molar-refractivity contribution in [1.29, 1.82) is 0 Å². The highest BCUT2D eigenvalue weighted by Crippen LogP contribution is 2.24. The highest BCUT2D eigenvalue weighted by molar-refractivity contribution is 5.81. The molecule has 31 heavy (non-hydrogen) atoms. The maximum atomic E-state index is 12.2. The van der Waals surface area contributed by atoms with Gasteiger partial charge in [0.15, 0.2) is 5.82 Å². The zero-order valence-electron chi connectivity index (χ0n) is 15.5. The van der Waals surface area contributed by atoms with E-state index in [0.717, 1.165) is 12.1 Å². The molecule has 0 aliphatic rings. The van der Waals surface area contributed by atoms with Crippen LogP contribution in [0.3, 0.4) is 0 Å². The average molecular weight is 444 g/mol. The van der Waals surface area contributed by atoms with Crippen LogP contribution in [0.25, 0.3) is 17.1 Å². The normalized spacial score (nSPS) is 11.9. The van der Waals surface area contributed by atoms with E-state index >= 15 is 0 Å². The van der Waals surface area contributed by atoms with Crippen LogP contribution in [0.4, 0.5) is 26.3 Å². The van der Waals surface area contributed by atoms with Gasteiger partial charge in [0, 0.05) is 12.1 Å². The first kappa shape index (κ1) is 22.1. The summed E-state index contributed by atoms with van der Waals surface area (Å²) < 4.78 is 78.3. The van der Waals surface area contributed by atoms with Crippen molar-refractivity contribution in [3.8, 4) is 22.8 Å². The number of amides is 1. The van der Waals surface area contributed by atoms with Crippen LogP contribution in [-0.2, 0) is 11.2 Å². The number of halogens is 6. The fraction of sp³-hybridized carbons (Fsp3) is 0.211. The van der Waals surface area contributed by atoms with Gasteiger partial charge in [-0.15, -0.1) is 18.3 Å². The van der Waals surface area contributed by atoms with Crippen LogP contribution in [0, 0.1) is 0 Å². The minimum atomic E-state index is -4.92. The first-order valence-electron chi connectivity index (χ1n) is 8.73. The lowest BCUT2D eigenvalue weighted by molar-refractivity contribution is -0.274. The van der Waals surface area contributed by atoms with Gasteiger partial charge in [-0.2, -0.15) is 13.2 Å². The maximum Gasteiger partial charge on any atom is 0.573 e. The molecule has 3 aromatic rings. The van der Waals surface area contributed by atoms with Crippen molar-refractivity contribution in [3.05, 3.63) is 60.4 Å². The summed E-state index contributed by atoms with van der Waals surface area (Å²) in [4.78, 5) is 14.9. The molecular formula is C19H14F6N4O2. The minimum absolute atomic E-state index is 0.168. The van der Waals surface area contributed by atoms with Crippen LogP contribution in [0.2, 0.25) is 0 Å². The van der Waals surface area contributed by atoms with Gasteiger partial charge in [0.2, 0.25) is 0 Å². The van der Waals surface area contributed by atoms with Gasteiger partial charge in [-0.25, -0.2) is 9.67 Å². The summed E-state index contributed by atoms with van der Waals surface area (Å²) in [6.45, 7) is -0.168. The second-order valence-corrected chi connectivity index (χ2v) is 6.26. The quantitative estimate of drug-likeness (QED) is 0.583. The van der Waals surface area contributed by atoms with Gasteiger partial charge in [0.1, 0.15) is 12.1 Å². The highest BCUT2D eigenvalue weighted by Gasteiger charge is 2.38. The lowest BCUT2D eigenvalue weighted by atomic mass is 10.1. The van der Waals surface area contributed by atoms with E-state index in [0.29, 0.717) is 22.6 Å². The Bertz CT molecular complexity index is 1030. The topological polar surface area (TPSA) is 69.0 Å². The van der Waals surface area contributed by atoms with E-state index < -0.39 is 18.4 Å². The van der Waals surface area contributed by atoms with Crippen molar-refractivity contribution in [2.24, 2.45) is 0 Å². The fourth-order valence-corrected chi connectivity index (χ4v) is 2.56. The molecule has 0 spiro atoms. The Labute approximate surface area is 171 Å². The summed E-state index contributed by atoms with van der Waals surface area (Å²) >= 11 is 0. The van der Waals surface area contributed by atoms with E-state index in [1.807, 2.05) is 0 Å². The van der Waals surface area contributed by atoms with Gasteiger partial charge in [-0.1, -0.05) is 24.3 Å². The highest BCUT2D eigenvalue weighted by atomic mass is 19.4. The second-order valence-electron chi connectivity index (χ2n) is 6.26. The molecule has 2 aromatic carbocycles. The van der Waals surface area contributed by atoms with Gasteiger partial charge < -0.3 is 10.1 Å². The summed E-state index contributed by atoms with van der Waals surface area (Å²) in [5.74, 6) is -2.01. The Morgan fingerprint density at radius 3 is 2.19 bits per heavy atom. The molecule has 3 rings (SSSR count). The lowest BCUT2D eigenvalue weighted by Crippen LogP contribution is -2.37. The second kappa shape index (κ2) is 8.66. The van der Waals surface area contributed by atoms with Crippen LogP contribution in [-0.4, -0.2) is 39.8 Å². The van der Waals surface area contributed by atoms with E-state index in [1.165, 1.54) is 23.1 Å². The number of nitrogens with one attached hydrogen (secondary N) is 1. The van der Waals surface area contributed by atoms with E-state index in [1.54, 1.807) is 29.6 Å². The number of carbonyl (C=O) groups excluding carboxylic acids is 1. The Morgan fingerprint density at radius 2 is 1.61 bits per heavy atom. The standard InChI is InChI=1S/C19H14F6N4O2/c20-18(21,22)17(30)26-10-9-12-1-3-13(4-2-12)16-27-11-29(28-16)14-5-7-15(8-6-14)31-19(23,24)25/h1-8,11H,9-10H2,(H,26,30). The van der Waals surface area contributed by atoms with E-state index in [9.17, 15) is 31.1 Å². The number of rotatable bonds is 6. The van der Waals surface area contributed by atoms with Crippen molar-refractivity contribution >= 4 is 5.91 Å². The minimum Gasteiger partial charge on any atom is -0.406 e. The van der Waals surface area contributed by atoms with Crippen molar-refractivity contribution in [3.63, 3.8) is 0 Å². The summed E-state index contributed by atoms with van der Waals surface area (Å²) in [7, 11) is 0. The number of nitrogens with zero attached hydrogens (tertiary/aromatic N) is 3. The molecule has 1 aromatic heterocycles. The Hall–Kier alpha value is -3.57. The van der Waals surface area contributed by atoms with E-state index in [-0.39, 0.29) is 18.7 Å². The number of ether oxygens (including phenoxy) is 1. The van der Waals surface area contributed by atoms with Gasteiger partial charge in [-0.3, -0.25) is 4.79 Å². The predicted molar refractivity (Wildman–Crippen MR) is 96.2 cm³/mol. The zero-order chi connectivity index (χ0) is 22.6. The van der Waals surface area contributed by atoms with Crippen LogP contribution in [0.5, 0.6) is 5.75 Å². The van der Waals surface area contributed by atoms with Gasteiger partial charge in [0.25, 0.3) is 0 Å². The maximum absolute atomic E-state index is 12.2. The molecule has 0 radical (unpaired) electrons. The molecule has 1 heterocycles. The SMILES string of the molecule is O=C(NCCc1ccc(-c2ncn(-c3ccc(OC(F)(F)F)cc3)n2)cc1)C(F)(F)F. The molecule has 0 unspecified atom stereocenters. The average Bonchev–Trinajstić information content (AvgIpc) is 3.17. The van der Waals surface area contributed by atoms with Crippen molar-refractivity contribution < 1.29 is 35.9 Å². The van der Waals surface area contributed by atoms with E-state index in [2.05, 4.69) is 14.8 Å². The van der Waals surface area contributed by atoms with Crippen molar-refractivity contribution in [2.45, 2.75) is 19.0 Å². The molecule has 0 saturated carbocycles. The van der Waals surface area contributed by atoms with Crippen molar-refractivity contribution in [2.75, 3.05) is 6.54 Å². The van der Waals surface area contributed by atoms with Gasteiger partial charge in [0.05, 0.1) is 5.69 Å². The third kappa shape index (κ3) is 6.20. The summed E-state index contributed by atoms with van der Waals surface area (Å²) in [6, 6.07) is 11.7. The molecule has 6 nitrogen and oxygen atoms in total. The molecule has 164 valence electrons. The fourth-order valence-electron chi connectivity index (χ4n) is 2.56. The Balaban J connectivity index is 1.61. The smallest absolute Gasteiger partial charge is 0.406 e. The lowest BCUT2D eigenvalue weighted by Gasteiger charge is -2.09. The largest absolute Gasteiger partial charge is 0.573 e. The van der Waals surface area contributed by atoms with Crippen LogP contribution in [0.1, 0.15) is 5.56 Å². The number of hydrogen-bond acceptors (Lipinski definition) is 4. The number of hydrogen-bond donors (Lipinski definition) is 1. The monoisotopic (exact) mass is 444 g/mol. The Kier molecular flexibility index (Phi) is 6.18. The van der Waals surface area contributed by atoms with Crippen molar-refractivity contribution in [1.82, 2.24) is 20.1 Å². The van der Waals surface area contributed by atoms with Crippen LogP contribution < -0.4 is 10.1 Å². The van der Waals surface area contributed by atoms with E-state index in [4.69, 9.17) is 0 Å². The molecular weight excluding hydrogens is 430 g/mol. The predicted octanol–water partition coefficient (Wildman–Crippen LogP) is 4.05. The zero-order valence-corrected chi connectivity index (χ0v) is 15.5. The third-order valence-electron chi connectivity index (χ3n) is 4.00. The molecule has 0 saturated heterocycles. The number of alkyl halides is 6. The molecule has 1 N–H and O–H groups in total. The molecule has 0 fully saturated rings. The summed E-state index contributed by atoms with van der Waals surface area (Å²) in [6.07, 6.45) is -8.11.